The van der Waals surface area contributed by atoms with Crippen LogP contribution in [0.15, 0.2) is 52.6 Å². The predicted molar refractivity (Wildman–Crippen MR) is 88.3 cm³/mol. The zero-order valence-corrected chi connectivity index (χ0v) is 13.4. The van der Waals surface area contributed by atoms with Gasteiger partial charge in [0, 0.05) is 17.8 Å². The number of rotatable bonds is 6. The summed E-state index contributed by atoms with van der Waals surface area (Å²) in [6.45, 7) is 0.336. The van der Waals surface area contributed by atoms with Gasteiger partial charge in [0.1, 0.15) is 0 Å². The molecule has 0 saturated carbocycles. The van der Waals surface area contributed by atoms with Crippen molar-refractivity contribution in [2.75, 3.05) is 7.11 Å². The first-order valence-corrected chi connectivity index (χ1v) is 7.82. The van der Waals surface area contributed by atoms with Crippen LogP contribution in [0.4, 0.5) is 0 Å². The van der Waals surface area contributed by atoms with E-state index in [0.29, 0.717) is 22.9 Å². The van der Waals surface area contributed by atoms with E-state index in [1.807, 2.05) is 6.07 Å². The van der Waals surface area contributed by atoms with Crippen LogP contribution in [-0.2, 0) is 17.9 Å². The molecule has 23 heavy (non-hydrogen) atoms. The number of amidine groups is 1. The van der Waals surface area contributed by atoms with Gasteiger partial charge in [-0.2, -0.15) is 0 Å². The third kappa shape index (κ3) is 4.83. The molecule has 1 unspecified atom stereocenters. The molecule has 1 aromatic heterocycles. The topological polar surface area (TPSA) is 139 Å². The summed E-state index contributed by atoms with van der Waals surface area (Å²) in [5, 5.41) is 10.6. The average Bonchev–Trinajstić information content (AvgIpc) is 2.55. The molecular weight excluding hydrogens is 316 g/mol. The Hall–Kier alpha value is -2.33. The summed E-state index contributed by atoms with van der Waals surface area (Å²) < 4.78 is 16.1. The Bertz CT molecular complexity index is 660. The molecule has 2 rings (SSSR count). The highest BCUT2D eigenvalue weighted by Gasteiger charge is 2.07. The van der Waals surface area contributed by atoms with Crippen LogP contribution in [-0.4, -0.2) is 27.6 Å². The van der Waals surface area contributed by atoms with E-state index in [4.69, 9.17) is 21.5 Å². The molecule has 0 fully saturated rings. The number of hydrazine groups is 1. The SMILES string of the molecule is COc1ccc(CN(N)/N=C(\N)c2ccc([S+](N)[O-])cc2)cn1. The average molecular weight is 334 g/mol. The summed E-state index contributed by atoms with van der Waals surface area (Å²) >= 11 is -1.52. The number of ether oxygens (including phenoxy) is 1. The first kappa shape index (κ1) is 17.0. The molecule has 6 N–H and O–H groups in total. The minimum atomic E-state index is -1.52. The molecule has 0 amide bonds. The molecule has 0 aliphatic carbocycles. The normalized spacial score (nSPS) is 12.8. The van der Waals surface area contributed by atoms with Gasteiger partial charge in [-0.1, -0.05) is 6.07 Å². The zero-order chi connectivity index (χ0) is 16.8. The van der Waals surface area contributed by atoms with E-state index in [2.05, 4.69) is 10.1 Å². The lowest BCUT2D eigenvalue weighted by molar-refractivity contribution is 0.289. The molecule has 122 valence electrons. The van der Waals surface area contributed by atoms with Gasteiger partial charge in [-0.15, -0.1) is 10.2 Å². The molecule has 1 heterocycles. The van der Waals surface area contributed by atoms with Gasteiger partial charge in [-0.3, -0.25) is 0 Å². The van der Waals surface area contributed by atoms with Crippen molar-refractivity contribution >= 4 is 17.2 Å². The Morgan fingerprint density at radius 3 is 2.52 bits per heavy atom. The third-order valence-corrected chi connectivity index (χ3v) is 3.71. The molecule has 0 aliphatic rings. The molecule has 0 radical (unpaired) electrons. The quantitative estimate of drug-likeness (QED) is 0.223. The van der Waals surface area contributed by atoms with Crippen LogP contribution in [0.3, 0.4) is 0 Å². The van der Waals surface area contributed by atoms with E-state index >= 15 is 0 Å². The number of hydrogen-bond acceptors (Lipinski definition) is 7. The fourth-order valence-electron chi connectivity index (χ4n) is 1.80. The molecule has 0 saturated heterocycles. The third-order valence-electron chi connectivity index (χ3n) is 2.97. The van der Waals surface area contributed by atoms with E-state index in [1.54, 1.807) is 43.6 Å². The van der Waals surface area contributed by atoms with E-state index in [0.717, 1.165) is 5.56 Å². The molecule has 0 bridgehead atoms. The van der Waals surface area contributed by atoms with Crippen molar-refractivity contribution in [2.24, 2.45) is 21.8 Å². The van der Waals surface area contributed by atoms with Gasteiger partial charge in [0.15, 0.2) is 10.7 Å². The van der Waals surface area contributed by atoms with Gasteiger partial charge in [0.05, 0.1) is 25.0 Å². The largest absolute Gasteiger partial charge is 0.593 e. The maximum Gasteiger partial charge on any atom is 0.212 e. The van der Waals surface area contributed by atoms with Crippen molar-refractivity contribution in [3.05, 3.63) is 53.7 Å². The smallest absolute Gasteiger partial charge is 0.212 e. The number of pyridine rings is 1. The number of nitrogens with two attached hydrogens (primary N) is 3. The molecule has 0 spiro atoms. The van der Waals surface area contributed by atoms with Gasteiger partial charge >= 0.3 is 0 Å². The fourth-order valence-corrected chi connectivity index (χ4v) is 2.21. The highest BCUT2D eigenvalue weighted by atomic mass is 32.2. The van der Waals surface area contributed by atoms with Crippen molar-refractivity contribution < 1.29 is 9.29 Å². The van der Waals surface area contributed by atoms with Crippen molar-refractivity contribution in [1.29, 1.82) is 0 Å². The minimum Gasteiger partial charge on any atom is -0.593 e. The minimum absolute atomic E-state index is 0.239. The maximum atomic E-state index is 11.1. The molecule has 1 aromatic carbocycles. The molecule has 0 aliphatic heterocycles. The second-order valence-electron chi connectivity index (χ2n) is 4.61. The van der Waals surface area contributed by atoms with Crippen LogP contribution >= 0.6 is 0 Å². The highest BCUT2D eigenvalue weighted by molar-refractivity contribution is 7.89. The lowest BCUT2D eigenvalue weighted by Gasteiger charge is -2.14. The second kappa shape index (κ2) is 7.79. The Morgan fingerprint density at radius 2 is 2.00 bits per heavy atom. The number of hydrogen-bond donors (Lipinski definition) is 3. The monoisotopic (exact) mass is 334 g/mol. The van der Waals surface area contributed by atoms with Crippen LogP contribution < -0.4 is 21.5 Å². The highest BCUT2D eigenvalue weighted by Crippen LogP contribution is 2.10. The molecule has 1 atom stereocenters. The Morgan fingerprint density at radius 1 is 1.30 bits per heavy atom. The van der Waals surface area contributed by atoms with E-state index in [9.17, 15) is 4.55 Å². The molecule has 9 heteroatoms. The van der Waals surface area contributed by atoms with Gasteiger partial charge in [0.25, 0.3) is 0 Å². The van der Waals surface area contributed by atoms with Gasteiger partial charge in [-0.05, 0) is 29.8 Å². The number of hydrazone groups is 1. The number of aromatic nitrogens is 1. The summed E-state index contributed by atoms with van der Waals surface area (Å²) in [6, 6.07) is 10.2. The molecule has 8 nitrogen and oxygen atoms in total. The number of methoxy groups -OCH3 is 1. The fraction of sp³-hybridized carbons (Fsp3) is 0.143. The van der Waals surface area contributed by atoms with E-state index in [1.165, 1.54) is 5.12 Å². The summed E-state index contributed by atoms with van der Waals surface area (Å²) in [5.74, 6) is 6.60. The van der Waals surface area contributed by atoms with Crippen LogP contribution in [0.25, 0.3) is 0 Å². The molecular formula is C14H18N6O2S. The van der Waals surface area contributed by atoms with Crippen LogP contribution in [0.2, 0.25) is 0 Å². The first-order chi connectivity index (χ1) is 11.0. The lowest BCUT2D eigenvalue weighted by Crippen LogP contribution is -2.29. The second-order valence-corrected chi connectivity index (χ2v) is 5.68. The van der Waals surface area contributed by atoms with Crippen molar-refractivity contribution in [3.8, 4) is 5.88 Å². The van der Waals surface area contributed by atoms with Gasteiger partial charge < -0.3 is 15.0 Å². The van der Waals surface area contributed by atoms with E-state index in [-0.39, 0.29) is 5.84 Å². The van der Waals surface area contributed by atoms with Crippen molar-refractivity contribution in [1.82, 2.24) is 10.1 Å². The predicted octanol–water partition coefficient (Wildman–Crippen LogP) is 0.0677. The Balaban J connectivity index is 2.03. The first-order valence-electron chi connectivity index (χ1n) is 6.61. The van der Waals surface area contributed by atoms with Crippen molar-refractivity contribution in [2.45, 2.75) is 11.4 Å². The Labute approximate surface area is 137 Å². The van der Waals surface area contributed by atoms with Gasteiger partial charge in [-0.25, -0.2) is 15.9 Å². The molecule has 2 aromatic rings. The standard InChI is InChI=1S/C14H18N6O2S/c1-22-13-7-2-10(8-18-13)9-20(16)19-14(15)11-3-5-12(6-4-11)23(17)21/h2-8H,9,16-17H2,1H3,(H2,15,19). The summed E-state index contributed by atoms with van der Waals surface area (Å²) in [6.07, 6.45) is 1.65. The van der Waals surface area contributed by atoms with Crippen LogP contribution in [0.1, 0.15) is 11.1 Å². The van der Waals surface area contributed by atoms with Crippen molar-refractivity contribution in [3.63, 3.8) is 0 Å². The van der Waals surface area contributed by atoms with Crippen LogP contribution in [0, 0.1) is 0 Å². The van der Waals surface area contributed by atoms with Gasteiger partial charge in [0.2, 0.25) is 5.88 Å². The van der Waals surface area contributed by atoms with Crippen LogP contribution in [0.5, 0.6) is 5.88 Å². The Kier molecular flexibility index (Phi) is 5.77. The summed E-state index contributed by atoms with van der Waals surface area (Å²) in [5.41, 5.74) is 7.42. The summed E-state index contributed by atoms with van der Waals surface area (Å²) in [4.78, 5) is 4.60. The number of benzene rings is 1. The van der Waals surface area contributed by atoms with E-state index < -0.39 is 11.4 Å². The summed E-state index contributed by atoms with van der Waals surface area (Å²) in [7, 11) is 1.55. The lowest BCUT2D eigenvalue weighted by atomic mass is 10.2. The number of nitrogens with zero attached hydrogens (tertiary/aromatic N) is 3. The maximum absolute atomic E-state index is 11.1. The zero-order valence-electron chi connectivity index (χ0n) is 12.5.